The summed E-state index contributed by atoms with van der Waals surface area (Å²) < 4.78 is 16.8. The monoisotopic (exact) mass is 969 g/mol. The molecule has 0 aromatic heterocycles. The highest BCUT2D eigenvalue weighted by atomic mass is 16.6. The fourth-order valence-corrected chi connectivity index (χ4v) is 8.99. The van der Waals surface area contributed by atoms with Crippen LogP contribution >= 0.6 is 0 Å². The molecule has 0 heterocycles. The molecule has 0 aliphatic rings. The van der Waals surface area contributed by atoms with Crippen LogP contribution in [0.2, 0.25) is 0 Å². The first-order valence-corrected chi connectivity index (χ1v) is 30.5. The van der Waals surface area contributed by atoms with Gasteiger partial charge in [0, 0.05) is 19.3 Å². The third-order valence-corrected chi connectivity index (χ3v) is 13.6. The highest BCUT2D eigenvalue weighted by Crippen LogP contribution is 2.17. The molecule has 0 saturated carbocycles. The van der Waals surface area contributed by atoms with Gasteiger partial charge in [-0.2, -0.15) is 0 Å². The van der Waals surface area contributed by atoms with Crippen LogP contribution in [0.3, 0.4) is 0 Å². The fourth-order valence-electron chi connectivity index (χ4n) is 8.99. The predicted octanol–water partition coefficient (Wildman–Crippen LogP) is 20.4. The van der Waals surface area contributed by atoms with Crippen LogP contribution in [-0.2, 0) is 28.6 Å². The first kappa shape index (κ1) is 66.6. The van der Waals surface area contributed by atoms with E-state index in [1.807, 2.05) is 0 Å². The highest BCUT2D eigenvalue weighted by molar-refractivity contribution is 5.71. The summed E-state index contributed by atoms with van der Waals surface area (Å²) in [6, 6.07) is 0. The molecular weight excluding hydrogens is 853 g/mol. The van der Waals surface area contributed by atoms with Crippen molar-refractivity contribution < 1.29 is 28.6 Å². The molecule has 404 valence electrons. The van der Waals surface area contributed by atoms with Crippen LogP contribution in [-0.4, -0.2) is 37.2 Å². The van der Waals surface area contributed by atoms with E-state index in [1.54, 1.807) is 0 Å². The molecule has 0 fully saturated rings. The Morgan fingerprint density at radius 3 is 0.855 bits per heavy atom. The Bertz CT molecular complexity index is 1160. The van der Waals surface area contributed by atoms with Crippen molar-refractivity contribution in [2.45, 2.75) is 335 Å². The summed E-state index contributed by atoms with van der Waals surface area (Å²) >= 11 is 0. The number of carbonyl (C=O) groups is 3. The molecule has 1 atom stereocenters. The zero-order chi connectivity index (χ0) is 50.0. The van der Waals surface area contributed by atoms with Gasteiger partial charge >= 0.3 is 17.9 Å². The van der Waals surface area contributed by atoms with Crippen molar-refractivity contribution in [3.8, 4) is 0 Å². The number of carbonyl (C=O) groups excluding carboxylic acids is 3. The third kappa shape index (κ3) is 56.4. The van der Waals surface area contributed by atoms with Crippen molar-refractivity contribution in [2.75, 3.05) is 13.2 Å². The summed E-state index contributed by atoms with van der Waals surface area (Å²) in [5.41, 5.74) is 0. The van der Waals surface area contributed by atoms with Gasteiger partial charge in [0.1, 0.15) is 13.2 Å². The van der Waals surface area contributed by atoms with Crippen LogP contribution in [0.15, 0.2) is 36.5 Å². The van der Waals surface area contributed by atoms with Crippen LogP contribution in [0.1, 0.15) is 329 Å². The largest absolute Gasteiger partial charge is 0.462 e. The van der Waals surface area contributed by atoms with E-state index in [2.05, 4.69) is 57.2 Å². The van der Waals surface area contributed by atoms with E-state index < -0.39 is 6.10 Å². The van der Waals surface area contributed by atoms with Crippen LogP contribution in [0.25, 0.3) is 0 Å². The van der Waals surface area contributed by atoms with Crippen LogP contribution in [0.5, 0.6) is 0 Å². The van der Waals surface area contributed by atoms with Gasteiger partial charge in [-0.1, -0.05) is 276 Å². The average Bonchev–Trinajstić information content (AvgIpc) is 3.35. The molecule has 0 bridgehead atoms. The second-order valence-corrected chi connectivity index (χ2v) is 20.6. The Labute approximate surface area is 429 Å². The van der Waals surface area contributed by atoms with Crippen LogP contribution in [0, 0.1) is 0 Å². The smallest absolute Gasteiger partial charge is 0.306 e. The Balaban J connectivity index is 4.14. The van der Waals surface area contributed by atoms with Crippen LogP contribution < -0.4 is 0 Å². The van der Waals surface area contributed by atoms with Gasteiger partial charge in [0.15, 0.2) is 6.10 Å². The molecule has 0 saturated heterocycles. The fraction of sp³-hybridized carbons (Fsp3) is 0.857. The quantitative estimate of drug-likeness (QED) is 0.0261. The molecule has 0 aliphatic carbocycles. The molecule has 6 heteroatoms. The van der Waals surface area contributed by atoms with Gasteiger partial charge in [-0.3, -0.25) is 14.4 Å². The zero-order valence-corrected chi connectivity index (χ0v) is 46.3. The third-order valence-electron chi connectivity index (χ3n) is 13.6. The second kappa shape index (κ2) is 58.2. The van der Waals surface area contributed by atoms with Crippen LogP contribution in [0.4, 0.5) is 0 Å². The minimum absolute atomic E-state index is 0.0739. The van der Waals surface area contributed by atoms with E-state index in [0.29, 0.717) is 19.3 Å². The van der Waals surface area contributed by atoms with Gasteiger partial charge in [-0.15, -0.1) is 0 Å². The van der Waals surface area contributed by atoms with Crippen molar-refractivity contribution in [1.29, 1.82) is 0 Å². The van der Waals surface area contributed by atoms with Crippen molar-refractivity contribution in [1.82, 2.24) is 0 Å². The number of allylic oxidation sites excluding steroid dienone is 6. The van der Waals surface area contributed by atoms with Crippen molar-refractivity contribution in [3.63, 3.8) is 0 Å². The lowest BCUT2D eigenvalue weighted by molar-refractivity contribution is -0.167. The molecule has 0 amide bonds. The molecule has 0 aliphatic heterocycles. The molecule has 0 aromatic rings. The average molecular weight is 970 g/mol. The van der Waals surface area contributed by atoms with Crippen molar-refractivity contribution in [2.24, 2.45) is 0 Å². The molecule has 69 heavy (non-hydrogen) atoms. The first-order valence-electron chi connectivity index (χ1n) is 30.5. The summed E-state index contributed by atoms with van der Waals surface area (Å²) in [6.07, 6.45) is 70.2. The van der Waals surface area contributed by atoms with Gasteiger partial charge in [-0.25, -0.2) is 0 Å². The Morgan fingerprint density at radius 1 is 0.290 bits per heavy atom. The summed E-state index contributed by atoms with van der Waals surface area (Å²) in [5, 5.41) is 0. The summed E-state index contributed by atoms with van der Waals surface area (Å²) in [6.45, 7) is 6.61. The van der Waals surface area contributed by atoms with E-state index in [9.17, 15) is 14.4 Å². The molecule has 0 spiro atoms. The molecule has 6 nitrogen and oxygen atoms in total. The van der Waals surface area contributed by atoms with E-state index in [0.717, 1.165) is 83.5 Å². The summed E-state index contributed by atoms with van der Waals surface area (Å²) in [5.74, 6) is -0.873. The topological polar surface area (TPSA) is 78.9 Å². The molecule has 0 aromatic carbocycles. The normalized spacial score (nSPS) is 12.2. The maximum Gasteiger partial charge on any atom is 0.306 e. The Kier molecular flexibility index (Phi) is 56.2. The van der Waals surface area contributed by atoms with Gasteiger partial charge in [0.25, 0.3) is 0 Å². The number of esters is 3. The Morgan fingerprint density at radius 2 is 0.536 bits per heavy atom. The predicted molar refractivity (Wildman–Crippen MR) is 298 cm³/mol. The molecule has 0 rings (SSSR count). The van der Waals surface area contributed by atoms with Gasteiger partial charge < -0.3 is 14.2 Å². The van der Waals surface area contributed by atoms with E-state index >= 15 is 0 Å². The lowest BCUT2D eigenvalue weighted by atomic mass is 10.0. The summed E-state index contributed by atoms with van der Waals surface area (Å²) in [4.78, 5) is 38.1. The maximum atomic E-state index is 12.8. The lowest BCUT2D eigenvalue weighted by Gasteiger charge is -2.18. The van der Waals surface area contributed by atoms with Gasteiger partial charge in [-0.05, 0) is 70.6 Å². The molecular formula is C63H116O6. The minimum Gasteiger partial charge on any atom is -0.462 e. The van der Waals surface area contributed by atoms with E-state index in [1.165, 1.54) is 205 Å². The second-order valence-electron chi connectivity index (χ2n) is 20.6. The highest BCUT2D eigenvalue weighted by Gasteiger charge is 2.19. The van der Waals surface area contributed by atoms with E-state index in [-0.39, 0.29) is 31.1 Å². The number of rotatable bonds is 56. The number of hydrogen-bond donors (Lipinski definition) is 0. The molecule has 0 radical (unpaired) electrons. The summed E-state index contributed by atoms with van der Waals surface area (Å²) in [7, 11) is 0. The maximum absolute atomic E-state index is 12.8. The number of unbranched alkanes of at least 4 members (excludes halogenated alkanes) is 39. The number of hydrogen-bond acceptors (Lipinski definition) is 6. The Hall–Kier alpha value is -2.37. The van der Waals surface area contributed by atoms with Crippen molar-refractivity contribution >= 4 is 17.9 Å². The standard InChI is InChI=1S/C63H116O6/c1-4-7-10-13-16-19-22-24-26-27-28-29-30-31-32-33-34-35-36-37-38-40-41-44-47-50-53-56-62(65)68-59-60(58-67-61(64)55-52-49-46-43-21-18-15-12-9-6-3)69-63(66)57-54-51-48-45-42-39-25-23-20-17-14-11-8-5-2/h14,17,23,25,27-28,60H,4-13,15-16,18-22,24,26,29-59H2,1-3H3/b17-14-,25-23-,28-27-. The van der Waals surface area contributed by atoms with Gasteiger partial charge in [0.05, 0.1) is 0 Å². The molecule has 0 N–H and O–H groups in total. The van der Waals surface area contributed by atoms with Gasteiger partial charge in [0.2, 0.25) is 0 Å². The number of ether oxygens (including phenoxy) is 3. The van der Waals surface area contributed by atoms with E-state index in [4.69, 9.17) is 14.2 Å². The minimum atomic E-state index is -0.775. The lowest BCUT2D eigenvalue weighted by Crippen LogP contribution is -2.30. The molecule has 1 unspecified atom stereocenters. The zero-order valence-electron chi connectivity index (χ0n) is 46.3. The first-order chi connectivity index (χ1) is 34.0. The van der Waals surface area contributed by atoms with Crippen molar-refractivity contribution in [3.05, 3.63) is 36.5 Å². The SMILES string of the molecule is CCCC/C=C\C/C=C\CCCCCCCC(=O)OC(COC(=O)CCCCCCCCCCCC)COC(=O)CCCCCCCCCCCCCCCCC/C=C\CCCCCCCCCC.